The average Bonchev–Trinajstić information content (AvgIpc) is 2.96. The molecule has 0 bridgehead atoms. The molecule has 0 unspecified atom stereocenters. The predicted octanol–water partition coefficient (Wildman–Crippen LogP) is 4.19. The van der Waals surface area contributed by atoms with Gasteiger partial charge in [-0.05, 0) is 37.1 Å². The van der Waals surface area contributed by atoms with Crippen molar-refractivity contribution < 1.29 is 14.5 Å². The normalized spacial score (nSPS) is 15.8. The topological polar surface area (TPSA) is 81.8 Å². The third-order valence-electron chi connectivity index (χ3n) is 3.83. The molecule has 1 aliphatic heterocycles. The Balaban J connectivity index is 1.91. The van der Waals surface area contributed by atoms with Gasteiger partial charge in [0.05, 0.1) is 4.92 Å². The van der Waals surface area contributed by atoms with Gasteiger partial charge in [0.25, 0.3) is 5.69 Å². The first-order valence-electron chi connectivity index (χ1n) is 7.95. The van der Waals surface area contributed by atoms with Crippen molar-refractivity contribution in [2.24, 2.45) is 4.99 Å². The molecule has 1 heterocycles. The Hall–Kier alpha value is -3.54. The van der Waals surface area contributed by atoms with Crippen LogP contribution in [0.1, 0.15) is 23.6 Å². The molecule has 1 aliphatic rings. The molecule has 0 amide bonds. The van der Waals surface area contributed by atoms with E-state index < -0.39 is 10.9 Å². The highest BCUT2D eigenvalue weighted by Gasteiger charge is 2.25. The number of aliphatic imine (C=N–C) groups is 1. The summed E-state index contributed by atoms with van der Waals surface area (Å²) in [5, 5.41) is 11.1. The summed E-state index contributed by atoms with van der Waals surface area (Å²) in [5.41, 5.74) is 2.88. The third kappa shape index (κ3) is 3.75. The number of nitro groups is 1. The van der Waals surface area contributed by atoms with Gasteiger partial charge in [0, 0.05) is 17.2 Å². The van der Waals surface area contributed by atoms with Crippen LogP contribution in [0.25, 0.3) is 6.08 Å². The third-order valence-corrected chi connectivity index (χ3v) is 3.83. The van der Waals surface area contributed by atoms with E-state index in [1.807, 2.05) is 43.3 Å². The highest BCUT2D eigenvalue weighted by molar-refractivity contribution is 6.11. The molecule has 2 aromatic carbocycles. The van der Waals surface area contributed by atoms with Crippen molar-refractivity contribution in [2.45, 2.75) is 13.8 Å². The standard InChI is InChI=1S/C20H16N2O4/c1-13(10-15-6-4-3-5-7-15)11-17-20(23)26-19(21-17)16-9-8-14(2)18(12-16)22(24)25/h3-12H,1-2H3. The van der Waals surface area contributed by atoms with E-state index in [0.29, 0.717) is 11.1 Å². The summed E-state index contributed by atoms with van der Waals surface area (Å²) in [7, 11) is 0. The molecule has 0 atom stereocenters. The largest absolute Gasteiger partial charge is 0.402 e. The quantitative estimate of drug-likeness (QED) is 0.359. The first-order chi connectivity index (χ1) is 12.4. The Labute approximate surface area is 150 Å². The zero-order chi connectivity index (χ0) is 18.7. The van der Waals surface area contributed by atoms with E-state index in [4.69, 9.17) is 4.74 Å². The van der Waals surface area contributed by atoms with Crippen molar-refractivity contribution in [3.63, 3.8) is 0 Å². The smallest absolute Gasteiger partial charge is 0.363 e. The van der Waals surface area contributed by atoms with Crippen molar-refractivity contribution in [1.29, 1.82) is 0 Å². The fourth-order valence-electron chi connectivity index (χ4n) is 2.54. The van der Waals surface area contributed by atoms with Crippen LogP contribution in [-0.2, 0) is 9.53 Å². The molecular weight excluding hydrogens is 332 g/mol. The summed E-state index contributed by atoms with van der Waals surface area (Å²) in [6.07, 6.45) is 3.55. The molecule has 0 radical (unpaired) electrons. The highest BCUT2D eigenvalue weighted by atomic mass is 16.6. The molecule has 0 N–H and O–H groups in total. The summed E-state index contributed by atoms with van der Waals surface area (Å²) < 4.78 is 5.18. The van der Waals surface area contributed by atoms with E-state index in [2.05, 4.69) is 4.99 Å². The number of hydrogen-bond acceptors (Lipinski definition) is 5. The minimum Gasteiger partial charge on any atom is -0.402 e. The zero-order valence-electron chi connectivity index (χ0n) is 14.3. The van der Waals surface area contributed by atoms with Gasteiger partial charge in [-0.2, -0.15) is 0 Å². The van der Waals surface area contributed by atoms with Crippen LogP contribution in [0.15, 0.2) is 70.9 Å². The minimum absolute atomic E-state index is 0.0427. The summed E-state index contributed by atoms with van der Waals surface area (Å²) in [6, 6.07) is 14.3. The monoisotopic (exact) mass is 348 g/mol. The lowest BCUT2D eigenvalue weighted by molar-refractivity contribution is -0.385. The second-order valence-electron chi connectivity index (χ2n) is 5.89. The summed E-state index contributed by atoms with van der Waals surface area (Å²) in [6.45, 7) is 3.50. The molecule has 0 aromatic heterocycles. The van der Waals surface area contributed by atoms with Gasteiger partial charge in [-0.15, -0.1) is 0 Å². The second-order valence-corrected chi connectivity index (χ2v) is 5.89. The minimum atomic E-state index is -0.580. The van der Waals surface area contributed by atoms with Gasteiger partial charge in [0.2, 0.25) is 5.90 Å². The lowest BCUT2D eigenvalue weighted by Gasteiger charge is -2.01. The number of nitro benzene ring substituents is 1. The van der Waals surface area contributed by atoms with Crippen molar-refractivity contribution >= 4 is 23.6 Å². The van der Waals surface area contributed by atoms with Crippen molar-refractivity contribution in [3.8, 4) is 0 Å². The maximum atomic E-state index is 12.1. The van der Waals surface area contributed by atoms with Crippen molar-refractivity contribution in [1.82, 2.24) is 0 Å². The Morgan fingerprint density at radius 1 is 1.19 bits per heavy atom. The lowest BCUT2D eigenvalue weighted by Crippen LogP contribution is -2.06. The molecule has 3 rings (SSSR count). The number of rotatable bonds is 4. The summed E-state index contributed by atoms with van der Waals surface area (Å²) in [5.74, 6) is -0.513. The number of cyclic esters (lactones) is 1. The SMILES string of the molecule is CC(=Cc1ccccc1)C=C1N=C(c2ccc(C)c([N+](=O)[O-])c2)OC1=O. The number of allylic oxidation sites excluding steroid dienone is 2. The van der Waals surface area contributed by atoms with Gasteiger partial charge < -0.3 is 4.74 Å². The molecule has 0 spiro atoms. The Kier molecular flexibility index (Phi) is 4.75. The molecule has 130 valence electrons. The van der Waals surface area contributed by atoms with Gasteiger partial charge in [-0.1, -0.05) is 42.5 Å². The highest BCUT2D eigenvalue weighted by Crippen LogP contribution is 2.24. The Morgan fingerprint density at radius 2 is 1.92 bits per heavy atom. The fraction of sp³-hybridized carbons (Fsp3) is 0.100. The number of carbonyl (C=O) groups is 1. The predicted molar refractivity (Wildman–Crippen MR) is 98.6 cm³/mol. The van der Waals surface area contributed by atoms with E-state index in [0.717, 1.165) is 11.1 Å². The number of esters is 1. The molecule has 0 saturated heterocycles. The number of carbonyl (C=O) groups excluding carboxylic acids is 1. The maximum absolute atomic E-state index is 12.1. The van der Waals surface area contributed by atoms with E-state index in [1.54, 1.807) is 25.1 Å². The van der Waals surface area contributed by atoms with Gasteiger partial charge in [-0.25, -0.2) is 9.79 Å². The van der Waals surface area contributed by atoms with E-state index in [9.17, 15) is 14.9 Å². The van der Waals surface area contributed by atoms with Crippen LogP contribution in [0.2, 0.25) is 0 Å². The van der Waals surface area contributed by atoms with Gasteiger partial charge in [-0.3, -0.25) is 10.1 Å². The van der Waals surface area contributed by atoms with Crippen LogP contribution >= 0.6 is 0 Å². The van der Waals surface area contributed by atoms with Gasteiger partial charge in [0.1, 0.15) is 0 Å². The number of benzene rings is 2. The summed E-state index contributed by atoms with van der Waals surface area (Å²) >= 11 is 0. The average molecular weight is 348 g/mol. The van der Waals surface area contributed by atoms with E-state index in [-0.39, 0.29) is 17.3 Å². The van der Waals surface area contributed by atoms with Crippen molar-refractivity contribution in [3.05, 3.63) is 92.7 Å². The van der Waals surface area contributed by atoms with Crippen LogP contribution in [0.5, 0.6) is 0 Å². The van der Waals surface area contributed by atoms with Gasteiger partial charge in [0.15, 0.2) is 5.70 Å². The maximum Gasteiger partial charge on any atom is 0.363 e. The lowest BCUT2D eigenvalue weighted by atomic mass is 10.1. The van der Waals surface area contributed by atoms with Crippen molar-refractivity contribution in [2.75, 3.05) is 0 Å². The number of hydrogen-bond donors (Lipinski definition) is 0. The van der Waals surface area contributed by atoms with Crippen LogP contribution in [0, 0.1) is 17.0 Å². The Bertz CT molecular complexity index is 973. The number of nitrogens with zero attached hydrogens (tertiary/aromatic N) is 2. The van der Waals surface area contributed by atoms with Crippen LogP contribution in [0.3, 0.4) is 0 Å². The van der Waals surface area contributed by atoms with Crippen LogP contribution in [0.4, 0.5) is 5.69 Å². The first-order valence-corrected chi connectivity index (χ1v) is 7.95. The van der Waals surface area contributed by atoms with Crippen LogP contribution in [-0.4, -0.2) is 16.8 Å². The first kappa shape index (κ1) is 17.3. The van der Waals surface area contributed by atoms with Crippen LogP contribution < -0.4 is 0 Å². The molecule has 26 heavy (non-hydrogen) atoms. The molecular formula is C20H16N2O4. The zero-order valence-corrected chi connectivity index (χ0v) is 14.3. The van der Waals surface area contributed by atoms with E-state index >= 15 is 0 Å². The molecule has 0 fully saturated rings. The fourth-order valence-corrected chi connectivity index (χ4v) is 2.54. The summed E-state index contributed by atoms with van der Waals surface area (Å²) in [4.78, 5) is 26.9. The molecule has 6 nitrogen and oxygen atoms in total. The molecule has 6 heteroatoms. The molecule has 0 saturated carbocycles. The molecule has 2 aromatic rings. The number of ether oxygens (including phenoxy) is 1. The molecule has 0 aliphatic carbocycles. The number of aryl methyl sites for hydroxylation is 1. The second kappa shape index (κ2) is 7.14. The van der Waals surface area contributed by atoms with Gasteiger partial charge >= 0.3 is 5.97 Å². The Morgan fingerprint density at radius 3 is 2.62 bits per heavy atom. The van der Waals surface area contributed by atoms with E-state index in [1.165, 1.54) is 6.07 Å².